The third-order valence-corrected chi connectivity index (χ3v) is 5.48. The second kappa shape index (κ2) is 5.82. The summed E-state index contributed by atoms with van der Waals surface area (Å²) in [5, 5.41) is 1.90. The molecule has 1 atom stereocenters. The van der Waals surface area contributed by atoms with E-state index in [1.54, 1.807) is 13.0 Å². The van der Waals surface area contributed by atoms with Gasteiger partial charge in [0.15, 0.2) is 0 Å². The highest BCUT2D eigenvalue weighted by atomic mass is 32.2. The minimum absolute atomic E-state index is 0.0571. The van der Waals surface area contributed by atoms with E-state index in [0.717, 1.165) is 4.88 Å². The summed E-state index contributed by atoms with van der Waals surface area (Å²) in [6.45, 7) is 1.79. The molecule has 0 saturated carbocycles. The van der Waals surface area contributed by atoms with Gasteiger partial charge in [-0.2, -0.15) is 0 Å². The normalized spacial score (nSPS) is 13.1. The van der Waals surface area contributed by atoms with E-state index >= 15 is 0 Å². The second-order valence-electron chi connectivity index (χ2n) is 4.26. The summed E-state index contributed by atoms with van der Waals surface area (Å²) in [5.41, 5.74) is 5.94. The summed E-state index contributed by atoms with van der Waals surface area (Å²) in [6.07, 6.45) is 0. The zero-order valence-electron chi connectivity index (χ0n) is 11.2. The molecular formula is C13H16N2O3S2. The Labute approximate surface area is 122 Å². The van der Waals surface area contributed by atoms with Gasteiger partial charge in [0.1, 0.15) is 10.6 Å². The first-order valence-electron chi connectivity index (χ1n) is 5.93. The Kier molecular flexibility index (Phi) is 4.32. The predicted molar refractivity (Wildman–Crippen MR) is 80.5 cm³/mol. The van der Waals surface area contributed by atoms with Gasteiger partial charge in [-0.15, -0.1) is 11.3 Å². The van der Waals surface area contributed by atoms with Crippen molar-refractivity contribution in [2.45, 2.75) is 17.9 Å². The lowest BCUT2D eigenvalue weighted by atomic mass is 10.3. The number of rotatable bonds is 5. The van der Waals surface area contributed by atoms with Crippen molar-refractivity contribution in [1.29, 1.82) is 0 Å². The number of benzene rings is 1. The fraction of sp³-hybridized carbons (Fsp3) is 0.231. The van der Waals surface area contributed by atoms with Crippen LogP contribution in [-0.4, -0.2) is 15.5 Å². The Morgan fingerprint density at radius 2 is 2.10 bits per heavy atom. The van der Waals surface area contributed by atoms with E-state index in [0.29, 0.717) is 5.75 Å². The van der Waals surface area contributed by atoms with Crippen molar-refractivity contribution < 1.29 is 13.2 Å². The van der Waals surface area contributed by atoms with E-state index in [1.165, 1.54) is 30.6 Å². The van der Waals surface area contributed by atoms with Crippen LogP contribution in [0.5, 0.6) is 5.75 Å². The van der Waals surface area contributed by atoms with Gasteiger partial charge in [-0.3, -0.25) is 0 Å². The van der Waals surface area contributed by atoms with Gasteiger partial charge >= 0.3 is 0 Å². The average Bonchev–Trinajstić information content (AvgIpc) is 2.91. The summed E-state index contributed by atoms with van der Waals surface area (Å²) >= 11 is 1.50. The van der Waals surface area contributed by atoms with Gasteiger partial charge in [-0.25, -0.2) is 13.1 Å². The number of sulfonamides is 1. The van der Waals surface area contributed by atoms with Gasteiger partial charge in [0.2, 0.25) is 10.0 Å². The molecule has 3 N–H and O–H groups in total. The zero-order chi connectivity index (χ0) is 14.8. The largest absolute Gasteiger partial charge is 0.497 e. The number of nitrogen functional groups attached to an aromatic ring is 1. The minimum atomic E-state index is -3.67. The third kappa shape index (κ3) is 3.12. The van der Waals surface area contributed by atoms with Crippen molar-refractivity contribution in [3.8, 4) is 5.75 Å². The molecule has 7 heteroatoms. The van der Waals surface area contributed by atoms with Gasteiger partial charge < -0.3 is 10.5 Å². The van der Waals surface area contributed by atoms with Crippen molar-refractivity contribution >= 4 is 27.0 Å². The van der Waals surface area contributed by atoms with Crippen LogP contribution < -0.4 is 15.2 Å². The molecule has 2 rings (SSSR count). The second-order valence-corrected chi connectivity index (χ2v) is 6.92. The van der Waals surface area contributed by atoms with Crippen LogP contribution in [0.4, 0.5) is 5.69 Å². The standard InChI is InChI=1S/C13H16N2O3S2/c1-9(12-4-3-7-19-12)15-20(16,17)13-6-5-10(18-2)8-11(13)14/h3-9,15H,14H2,1-2H3. The third-order valence-electron chi connectivity index (χ3n) is 2.81. The number of nitrogens with one attached hydrogen (secondary N) is 1. The Bertz CT molecular complexity index is 682. The number of hydrogen-bond acceptors (Lipinski definition) is 5. The maximum Gasteiger partial charge on any atom is 0.243 e. The number of nitrogens with two attached hydrogens (primary N) is 1. The first kappa shape index (κ1) is 14.8. The van der Waals surface area contributed by atoms with Gasteiger partial charge in [0, 0.05) is 10.9 Å². The molecular weight excluding hydrogens is 296 g/mol. The molecule has 5 nitrogen and oxygen atoms in total. The Morgan fingerprint density at radius 3 is 2.65 bits per heavy atom. The summed E-state index contributed by atoms with van der Waals surface area (Å²) < 4.78 is 32.3. The fourth-order valence-corrected chi connectivity index (χ4v) is 3.94. The van der Waals surface area contributed by atoms with Crippen LogP contribution in [0, 0.1) is 0 Å². The molecule has 20 heavy (non-hydrogen) atoms. The zero-order valence-corrected chi connectivity index (χ0v) is 12.8. The molecule has 0 aliphatic rings. The van der Waals surface area contributed by atoms with E-state index in [4.69, 9.17) is 10.5 Å². The van der Waals surface area contributed by atoms with Crippen LogP contribution in [0.25, 0.3) is 0 Å². The van der Waals surface area contributed by atoms with E-state index < -0.39 is 10.0 Å². The number of methoxy groups -OCH3 is 1. The highest BCUT2D eigenvalue weighted by Crippen LogP contribution is 2.26. The van der Waals surface area contributed by atoms with Crippen LogP contribution >= 0.6 is 11.3 Å². The molecule has 1 aromatic carbocycles. The van der Waals surface area contributed by atoms with Crippen LogP contribution in [0.1, 0.15) is 17.8 Å². The first-order chi connectivity index (χ1) is 9.44. The molecule has 2 aromatic rings. The molecule has 0 amide bonds. The predicted octanol–water partition coefficient (Wildman–Crippen LogP) is 2.38. The Balaban J connectivity index is 2.27. The molecule has 1 unspecified atom stereocenters. The van der Waals surface area contributed by atoms with Crippen molar-refractivity contribution in [2.75, 3.05) is 12.8 Å². The van der Waals surface area contributed by atoms with Gasteiger partial charge in [-0.05, 0) is 30.5 Å². The van der Waals surface area contributed by atoms with E-state index in [9.17, 15) is 8.42 Å². The van der Waals surface area contributed by atoms with Crippen LogP contribution in [0.15, 0.2) is 40.6 Å². The lowest BCUT2D eigenvalue weighted by molar-refractivity contribution is 0.414. The maximum absolute atomic E-state index is 12.3. The van der Waals surface area contributed by atoms with Crippen LogP contribution in [-0.2, 0) is 10.0 Å². The summed E-state index contributed by atoms with van der Waals surface area (Å²) in [6, 6.07) is 7.96. The smallest absolute Gasteiger partial charge is 0.243 e. The lowest BCUT2D eigenvalue weighted by Crippen LogP contribution is -2.27. The van der Waals surface area contributed by atoms with E-state index in [-0.39, 0.29) is 16.6 Å². The maximum atomic E-state index is 12.3. The van der Waals surface area contributed by atoms with Crippen molar-refractivity contribution in [3.05, 3.63) is 40.6 Å². The number of anilines is 1. The average molecular weight is 312 g/mol. The molecule has 0 spiro atoms. The Morgan fingerprint density at radius 1 is 1.35 bits per heavy atom. The van der Waals surface area contributed by atoms with Gasteiger partial charge in [-0.1, -0.05) is 6.07 Å². The number of ether oxygens (including phenoxy) is 1. The fourth-order valence-electron chi connectivity index (χ4n) is 1.79. The molecule has 1 heterocycles. The van der Waals surface area contributed by atoms with Crippen LogP contribution in [0.2, 0.25) is 0 Å². The lowest BCUT2D eigenvalue weighted by Gasteiger charge is -2.14. The molecule has 0 bridgehead atoms. The molecule has 0 aliphatic heterocycles. The van der Waals surface area contributed by atoms with Crippen molar-refractivity contribution in [3.63, 3.8) is 0 Å². The first-order valence-corrected chi connectivity index (χ1v) is 8.29. The van der Waals surface area contributed by atoms with Gasteiger partial charge in [0.05, 0.1) is 18.8 Å². The summed E-state index contributed by atoms with van der Waals surface area (Å²) in [4.78, 5) is 1.00. The quantitative estimate of drug-likeness (QED) is 0.831. The summed E-state index contributed by atoms with van der Waals surface area (Å²) in [7, 11) is -2.17. The highest BCUT2D eigenvalue weighted by molar-refractivity contribution is 7.89. The van der Waals surface area contributed by atoms with E-state index in [1.807, 2.05) is 17.5 Å². The number of hydrogen-bond donors (Lipinski definition) is 2. The summed E-state index contributed by atoms with van der Waals surface area (Å²) in [5.74, 6) is 0.521. The van der Waals surface area contributed by atoms with E-state index in [2.05, 4.69) is 4.72 Å². The topological polar surface area (TPSA) is 81.4 Å². The van der Waals surface area contributed by atoms with Crippen LogP contribution in [0.3, 0.4) is 0 Å². The molecule has 0 radical (unpaired) electrons. The monoisotopic (exact) mass is 312 g/mol. The SMILES string of the molecule is COc1ccc(S(=O)(=O)NC(C)c2cccs2)c(N)c1. The minimum Gasteiger partial charge on any atom is -0.497 e. The molecule has 1 aromatic heterocycles. The molecule has 0 fully saturated rings. The highest BCUT2D eigenvalue weighted by Gasteiger charge is 2.21. The van der Waals surface area contributed by atoms with Gasteiger partial charge in [0.25, 0.3) is 0 Å². The molecule has 0 saturated heterocycles. The number of thiophene rings is 1. The van der Waals surface area contributed by atoms with Crippen molar-refractivity contribution in [1.82, 2.24) is 4.72 Å². The van der Waals surface area contributed by atoms with Crippen molar-refractivity contribution in [2.24, 2.45) is 0 Å². The molecule has 108 valence electrons. The molecule has 0 aliphatic carbocycles. The Hall–Kier alpha value is -1.57.